The van der Waals surface area contributed by atoms with Crippen LogP contribution in [0.15, 0.2) is 24.3 Å². The Hall–Kier alpha value is -2.61. The number of carboxylic acids is 1. The van der Waals surface area contributed by atoms with E-state index in [4.69, 9.17) is 16.7 Å². The SMILES string of the molecule is CC(C)C[C@H](NC(=O)CCC1NC(=O)N(c2ccc(Cl)cc2)C1=O)C(=O)O. The molecular weight excluding hydrogens is 374 g/mol. The molecule has 0 radical (unpaired) electrons. The Bertz CT molecular complexity index is 735. The van der Waals surface area contributed by atoms with Crippen molar-refractivity contribution in [3.8, 4) is 0 Å². The number of halogens is 1. The second-order valence-corrected chi connectivity index (χ2v) is 7.22. The van der Waals surface area contributed by atoms with Gasteiger partial charge in [0.1, 0.15) is 12.1 Å². The molecule has 1 heterocycles. The highest BCUT2D eigenvalue weighted by atomic mass is 35.5. The molecule has 0 bridgehead atoms. The largest absolute Gasteiger partial charge is 0.480 e. The van der Waals surface area contributed by atoms with Crippen molar-refractivity contribution < 1.29 is 24.3 Å². The summed E-state index contributed by atoms with van der Waals surface area (Å²) >= 11 is 5.81. The van der Waals surface area contributed by atoms with Gasteiger partial charge >= 0.3 is 12.0 Å². The number of rotatable bonds is 8. The summed E-state index contributed by atoms with van der Waals surface area (Å²) in [5, 5.41) is 14.6. The third kappa shape index (κ3) is 5.43. The fourth-order valence-corrected chi connectivity index (χ4v) is 2.92. The fourth-order valence-electron chi connectivity index (χ4n) is 2.80. The zero-order valence-electron chi connectivity index (χ0n) is 15.1. The molecule has 27 heavy (non-hydrogen) atoms. The summed E-state index contributed by atoms with van der Waals surface area (Å²) in [6.45, 7) is 3.72. The van der Waals surface area contributed by atoms with Gasteiger partial charge in [0.2, 0.25) is 5.91 Å². The molecule has 1 aliphatic rings. The average molecular weight is 396 g/mol. The summed E-state index contributed by atoms with van der Waals surface area (Å²) in [7, 11) is 0. The first-order chi connectivity index (χ1) is 12.7. The molecule has 9 heteroatoms. The zero-order valence-corrected chi connectivity index (χ0v) is 15.8. The van der Waals surface area contributed by atoms with Crippen LogP contribution >= 0.6 is 11.6 Å². The Morgan fingerprint density at radius 1 is 1.26 bits per heavy atom. The fraction of sp³-hybridized carbons (Fsp3) is 0.444. The minimum Gasteiger partial charge on any atom is -0.480 e. The van der Waals surface area contributed by atoms with Crippen molar-refractivity contribution in [1.29, 1.82) is 0 Å². The van der Waals surface area contributed by atoms with E-state index in [2.05, 4.69) is 10.6 Å². The van der Waals surface area contributed by atoms with Crippen molar-refractivity contribution in [3.05, 3.63) is 29.3 Å². The van der Waals surface area contributed by atoms with E-state index in [9.17, 15) is 19.2 Å². The average Bonchev–Trinajstić information content (AvgIpc) is 2.87. The highest BCUT2D eigenvalue weighted by molar-refractivity contribution is 6.30. The zero-order chi connectivity index (χ0) is 20.1. The second kappa shape index (κ2) is 8.85. The number of anilines is 1. The van der Waals surface area contributed by atoms with Crippen LogP contribution in [0.4, 0.5) is 10.5 Å². The van der Waals surface area contributed by atoms with Gasteiger partial charge < -0.3 is 15.7 Å². The van der Waals surface area contributed by atoms with Gasteiger partial charge in [0.15, 0.2) is 0 Å². The number of carbonyl (C=O) groups is 4. The Morgan fingerprint density at radius 3 is 2.44 bits per heavy atom. The van der Waals surface area contributed by atoms with E-state index >= 15 is 0 Å². The molecule has 0 aliphatic carbocycles. The van der Waals surface area contributed by atoms with Gasteiger partial charge in [-0.3, -0.25) is 9.59 Å². The number of benzene rings is 1. The first-order valence-electron chi connectivity index (χ1n) is 8.61. The molecule has 0 spiro atoms. The van der Waals surface area contributed by atoms with E-state index in [0.717, 1.165) is 4.90 Å². The van der Waals surface area contributed by atoms with Gasteiger partial charge in [-0.05, 0) is 43.0 Å². The lowest BCUT2D eigenvalue weighted by Crippen LogP contribution is -2.42. The summed E-state index contributed by atoms with van der Waals surface area (Å²) in [6.07, 6.45) is 0.312. The molecule has 1 aromatic carbocycles. The Balaban J connectivity index is 1.93. The molecule has 2 atom stereocenters. The molecule has 3 N–H and O–H groups in total. The van der Waals surface area contributed by atoms with Crippen molar-refractivity contribution in [1.82, 2.24) is 10.6 Å². The maximum Gasteiger partial charge on any atom is 0.329 e. The molecule has 0 aromatic heterocycles. The lowest BCUT2D eigenvalue weighted by atomic mass is 10.0. The first-order valence-corrected chi connectivity index (χ1v) is 8.99. The molecule has 2 rings (SSSR count). The van der Waals surface area contributed by atoms with E-state index in [0.29, 0.717) is 17.1 Å². The number of carbonyl (C=O) groups excluding carboxylic acids is 3. The molecule has 1 saturated heterocycles. The van der Waals surface area contributed by atoms with Crippen molar-refractivity contribution in [2.24, 2.45) is 5.92 Å². The highest BCUT2D eigenvalue weighted by Crippen LogP contribution is 2.23. The lowest BCUT2D eigenvalue weighted by molar-refractivity contribution is -0.142. The predicted octanol–water partition coefficient (Wildman–Crippen LogP) is 2.16. The van der Waals surface area contributed by atoms with E-state index in [-0.39, 0.29) is 18.8 Å². The van der Waals surface area contributed by atoms with Gasteiger partial charge in [-0.15, -0.1) is 0 Å². The summed E-state index contributed by atoms with van der Waals surface area (Å²) in [5.74, 6) is -1.94. The molecule has 1 aliphatic heterocycles. The normalized spacial score (nSPS) is 17.8. The Labute approximate surface area is 161 Å². The van der Waals surface area contributed by atoms with Gasteiger partial charge in [0.25, 0.3) is 5.91 Å². The topological polar surface area (TPSA) is 116 Å². The van der Waals surface area contributed by atoms with Crippen molar-refractivity contribution in [2.75, 3.05) is 4.90 Å². The number of carboxylic acid groups (broad SMARTS) is 1. The van der Waals surface area contributed by atoms with Gasteiger partial charge in [0.05, 0.1) is 5.69 Å². The number of hydrogen-bond acceptors (Lipinski definition) is 4. The quantitative estimate of drug-likeness (QED) is 0.583. The lowest BCUT2D eigenvalue weighted by Gasteiger charge is -2.17. The molecule has 4 amide bonds. The molecule has 1 aromatic rings. The van der Waals surface area contributed by atoms with Crippen LogP contribution in [0.25, 0.3) is 0 Å². The molecule has 8 nitrogen and oxygen atoms in total. The van der Waals surface area contributed by atoms with Crippen LogP contribution in [-0.2, 0) is 14.4 Å². The van der Waals surface area contributed by atoms with Crippen molar-refractivity contribution in [2.45, 2.75) is 45.2 Å². The Morgan fingerprint density at radius 2 is 1.89 bits per heavy atom. The number of hydrogen-bond donors (Lipinski definition) is 3. The van der Waals surface area contributed by atoms with Crippen LogP contribution in [0.2, 0.25) is 5.02 Å². The second-order valence-electron chi connectivity index (χ2n) is 6.78. The first kappa shape index (κ1) is 20.7. The smallest absolute Gasteiger partial charge is 0.329 e. The van der Waals surface area contributed by atoms with Crippen LogP contribution < -0.4 is 15.5 Å². The third-order valence-electron chi connectivity index (χ3n) is 4.10. The monoisotopic (exact) mass is 395 g/mol. The van der Waals surface area contributed by atoms with Gasteiger partial charge in [-0.25, -0.2) is 14.5 Å². The van der Waals surface area contributed by atoms with Crippen molar-refractivity contribution >= 4 is 41.1 Å². The maximum atomic E-state index is 12.5. The van der Waals surface area contributed by atoms with Crippen LogP contribution in [0.3, 0.4) is 0 Å². The minimum absolute atomic E-state index is 0.0764. The van der Waals surface area contributed by atoms with Crippen LogP contribution in [0, 0.1) is 5.92 Å². The van der Waals surface area contributed by atoms with E-state index in [1.165, 1.54) is 0 Å². The maximum absolute atomic E-state index is 12.5. The number of nitrogens with one attached hydrogen (secondary N) is 2. The molecule has 0 saturated carbocycles. The summed E-state index contributed by atoms with van der Waals surface area (Å²) in [4.78, 5) is 48.8. The number of amides is 4. The number of aliphatic carboxylic acids is 1. The van der Waals surface area contributed by atoms with E-state index in [1.54, 1.807) is 24.3 Å². The molecule has 1 fully saturated rings. The molecule has 1 unspecified atom stereocenters. The van der Waals surface area contributed by atoms with E-state index in [1.807, 2.05) is 13.8 Å². The molecular formula is C18H22ClN3O5. The third-order valence-corrected chi connectivity index (χ3v) is 4.36. The number of urea groups is 1. The van der Waals surface area contributed by atoms with Crippen molar-refractivity contribution in [3.63, 3.8) is 0 Å². The van der Waals surface area contributed by atoms with Gasteiger partial charge in [-0.2, -0.15) is 0 Å². The van der Waals surface area contributed by atoms with Crippen LogP contribution in [0.5, 0.6) is 0 Å². The number of nitrogens with zero attached hydrogens (tertiary/aromatic N) is 1. The Kier molecular flexibility index (Phi) is 6.79. The van der Waals surface area contributed by atoms with E-state index < -0.39 is 35.9 Å². The summed E-state index contributed by atoms with van der Waals surface area (Å²) in [5.41, 5.74) is 0.386. The minimum atomic E-state index is -1.10. The molecule has 146 valence electrons. The standard InChI is InChI=1S/C18H22ClN3O5/c1-10(2)9-14(17(25)26)20-15(23)8-7-13-16(24)22(18(27)21-13)12-5-3-11(19)4-6-12/h3-6,10,13-14H,7-9H2,1-2H3,(H,20,23)(H,21,27)(H,25,26)/t13?,14-/m0/s1. The highest BCUT2D eigenvalue weighted by Gasteiger charge is 2.39. The van der Waals surface area contributed by atoms with Gasteiger partial charge in [-0.1, -0.05) is 25.4 Å². The van der Waals surface area contributed by atoms with Gasteiger partial charge in [0, 0.05) is 11.4 Å². The van der Waals surface area contributed by atoms with Crippen LogP contribution in [-0.4, -0.2) is 41.0 Å². The van der Waals surface area contributed by atoms with Crippen LogP contribution in [0.1, 0.15) is 33.1 Å². The number of imide groups is 1. The predicted molar refractivity (Wildman–Crippen MR) is 99.5 cm³/mol. The summed E-state index contributed by atoms with van der Waals surface area (Å²) < 4.78 is 0. The summed E-state index contributed by atoms with van der Waals surface area (Å²) in [6, 6.07) is 3.86.